The zero-order valence-electron chi connectivity index (χ0n) is 20.7. The Labute approximate surface area is 223 Å². The molecule has 0 unspecified atom stereocenters. The summed E-state index contributed by atoms with van der Waals surface area (Å²) in [6.07, 6.45) is 5.34. The van der Waals surface area contributed by atoms with Crippen molar-refractivity contribution >= 4 is 45.4 Å². The molecule has 10 heteroatoms. The summed E-state index contributed by atoms with van der Waals surface area (Å²) >= 11 is 1.40. The van der Waals surface area contributed by atoms with E-state index in [1.807, 2.05) is 50.2 Å². The summed E-state index contributed by atoms with van der Waals surface area (Å²) in [4.78, 5) is 31.0. The SMILES string of the molecule is Cc1ccc(Nc2nc(C)c(CC(=O)Nc3cccc(F)c3)s2)cc1Nc1nccc(-c2cccnc2)n1. The Morgan fingerprint density at radius 3 is 2.66 bits per heavy atom. The van der Waals surface area contributed by atoms with E-state index in [-0.39, 0.29) is 12.3 Å². The predicted octanol–water partition coefficient (Wildman–Crippen LogP) is 6.42. The first-order valence-electron chi connectivity index (χ1n) is 11.8. The van der Waals surface area contributed by atoms with Crippen LogP contribution in [-0.2, 0) is 11.2 Å². The molecule has 3 N–H and O–H groups in total. The number of carbonyl (C=O) groups excluding carboxylic acids is 1. The first kappa shape index (κ1) is 25.0. The summed E-state index contributed by atoms with van der Waals surface area (Å²) in [7, 11) is 0. The van der Waals surface area contributed by atoms with Crippen molar-refractivity contribution in [1.82, 2.24) is 19.9 Å². The first-order chi connectivity index (χ1) is 18.4. The van der Waals surface area contributed by atoms with Crippen LogP contribution < -0.4 is 16.0 Å². The molecule has 5 rings (SSSR count). The van der Waals surface area contributed by atoms with Crippen molar-refractivity contribution in [2.24, 2.45) is 0 Å². The molecular weight excluding hydrogens is 501 g/mol. The van der Waals surface area contributed by atoms with Gasteiger partial charge in [-0.2, -0.15) is 0 Å². The number of aromatic nitrogens is 4. The van der Waals surface area contributed by atoms with Crippen molar-refractivity contribution in [1.29, 1.82) is 0 Å². The van der Waals surface area contributed by atoms with Crippen molar-refractivity contribution in [2.75, 3.05) is 16.0 Å². The Bertz CT molecular complexity index is 1590. The molecule has 0 fully saturated rings. The largest absolute Gasteiger partial charge is 0.331 e. The van der Waals surface area contributed by atoms with Crippen LogP contribution in [0.15, 0.2) is 79.3 Å². The van der Waals surface area contributed by atoms with E-state index in [0.717, 1.165) is 38.8 Å². The number of nitrogens with one attached hydrogen (secondary N) is 3. The Morgan fingerprint density at radius 1 is 0.947 bits per heavy atom. The molecule has 0 saturated carbocycles. The van der Waals surface area contributed by atoms with Crippen LogP contribution in [0.3, 0.4) is 0 Å². The average molecular weight is 526 g/mol. The molecule has 0 bridgehead atoms. The molecule has 5 aromatic rings. The normalized spacial score (nSPS) is 10.7. The number of amides is 1. The van der Waals surface area contributed by atoms with Gasteiger partial charge in [0.1, 0.15) is 5.82 Å². The van der Waals surface area contributed by atoms with E-state index in [0.29, 0.717) is 16.8 Å². The highest BCUT2D eigenvalue weighted by Crippen LogP contribution is 2.30. The molecule has 2 aromatic carbocycles. The van der Waals surface area contributed by atoms with Crippen LogP contribution in [0.4, 0.5) is 32.5 Å². The summed E-state index contributed by atoms with van der Waals surface area (Å²) in [5.41, 5.74) is 5.56. The second-order valence-corrected chi connectivity index (χ2v) is 9.63. The lowest BCUT2D eigenvalue weighted by Crippen LogP contribution is -2.14. The van der Waals surface area contributed by atoms with Gasteiger partial charge in [0.15, 0.2) is 5.13 Å². The quantitative estimate of drug-likeness (QED) is 0.215. The molecule has 0 atom stereocenters. The summed E-state index contributed by atoms with van der Waals surface area (Å²) in [6.45, 7) is 3.86. The van der Waals surface area contributed by atoms with Gasteiger partial charge in [-0.15, -0.1) is 11.3 Å². The van der Waals surface area contributed by atoms with E-state index >= 15 is 0 Å². The maximum atomic E-state index is 13.4. The Kier molecular flexibility index (Phi) is 7.32. The van der Waals surface area contributed by atoms with Crippen LogP contribution in [0, 0.1) is 19.7 Å². The molecule has 0 aliphatic carbocycles. The fraction of sp³-hybridized carbons (Fsp3) is 0.107. The van der Waals surface area contributed by atoms with Crippen molar-refractivity contribution in [3.63, 3.8) is 0 Å². The number of halogens is 1. The summed E-state index contributed by atoms with van der Waals surface area (Å²) < 4.78 is 13.4. The predicted molar refractivity (Wildman–Crippen MR) is 149 cm³/mol. The molecule has 0 spiro atoms. The van der Waals surface area contributed by atoms with Gasteiger partial charge >= 0.3 is 0 Å². The molecule has 1 amide bonds. The highest BCUT2D eigenvalue weighted by Gasteiger charge is 2.13. The minimum atomic E-state index is -0.400. The lowest BCUT2D eigenvalue weighted by Gasteiger charge is -2.11. The second-order valence-electron chi connectivity index (χ2n) is 8.55. The number of hydrogen-bond donors (Lipinski definition) is 3. The van der Waals surface area contributed by atoms with Crippen molar-refractivity contribution < 1.29 is 9.18 Å². The number of benzene rings is 2. The molecule has 0 aliphatic heterocycles. The van der Waals surface area contributed by atoms with Crippen LogP contribution in [0.1, 0.15) is 16.1 Å². The third-order valence-corrected chi connectivity index (χ3v) is 6.74. The Hall–Kier alpha value is -4.70. The third-order valence-electron chi connectivity index (χ3n) is 5.67. The minimum Gasteiger partial charge on any atom is -0.331 e. The van der Waals surface area contributed by atoms with Crippen molar-refractivity contribution in [3.8, 4) is 11.3 Å². The van der Waals surface area contributed by atoms with Gasteiger partial charge in [-0.3, -0.25) is 9.78 Å². The van der Waals surface area contributed by atoms with E-state index < -0.39 is 5.82 Å². The number of anilines is 5. The first-order valence-corrected chi connectivity index (χ1v) is 12.6. The van der Waals surface area contributed by atoms with E-state index in [9.17, 15) is 9.18 Å². The standard InChI is InChI=1S/C28H24FN7OS/c1-17-8-9-22(14-24(17)36-27-31-12-10-23(35-27)19-5-4-11-30-16-19)34-28-32-18(2)25(38-28)15-26(37)33-21-7-3-6-20(29)13-21/h3-14,16H,15H2,1-2H3,(H,32,34)(H,33,37)(H,31,35,36). The zero-order valence-corrected chi connectivity index (χ0v) is 21.5. The van der Waals surface area contributed by atoms with Gasteiger partial charge < -0.3 is 16.0 Å². The molecule has 38 heavy (non-hydrogen) atoms. The number of aryl methyl sites for hydroxylation is 2. The number of carbonyl (C=O) groups is 1. The molecule has 190 valence electrons. The van der Waals surface area contributed by atoms with E-state index in [1.165, 1.54) is 23.5 Å². The van der Waals surface area contributed by atoms with Gasteiger partial charge in [0.05, 0.1) is 17.8 Å². The highest BCUT2D eigenvalue weighted by molar-refractivity contribution is 7.15. The maximum absolute atomic E-state index is 13.4. The fourth-order valence-electron chi connectivity index (χ4n) is 3.74. The van der Waals surface area contributed by atoms with Gasteiger partial charge in [0.2, 0.25) is 11.9 Å². The van der Waals surface area contributed by atoms with Gasteiger partial charge in [0.25, 0.3) is 0 Å². The highest BCUT2D eigenvalue weighted by atomic mass is 32.1. The average Bonchev–Trinajstić information content (AvgIpc) is 3.24. The van der Waals surface area contributed by atoms with Crippen LogP contribution in [0.2, 0.25) is 0 Å². The van der Waals surface area contributed by atoms with Gasteiger partial charge in [0, 0.05) is 46.1 Å². The minimum absolute atomic E-state index is 0.146. The lowest BCUT2D eigenvalue weighted by molar-refractivity contribution is -0.115. The van der Waals surface area contributed by atoms with E-state index in [1.54, 1.807) is 30.7 Å². The Morgan fingerprint density at radius 2 is 1.84 bits per heavy atom. The molecule has 0 radical (unpaired) electrons. The van der Waals surface area contributed by atoms with Crippen LogP contribution in [-0.4, -0.2) is 25.8 Å². The molecule has 0 aliphatic rings. The number of pyridine rings is 1. The maximum Gasteiger partial charge on any atom is 0.229 e. The third kappa shape index (κ3) is 6.16. The number of thiazole rings is 1. The molecule has 8 nitrogen and oxygen atoms in total. The summed E-state index contributed by atoms with van der Waals surface area (Å²) in [5, 5.41) is 10.0. The van der Waals surface area contributed by atoms with E-state index in [4.69, 9.17) is 0 Å². The molecule has 0 saturated heterocycles. The second kappa shape index (κ2) is 11.1. The topological polar surface area (TPSA) is 105 Å². The summed E-state index contributed by atoms with van der Waals surface area (Å²) in [6, 6.07) is 17.4. The smallest absolute Gasteiger partial charge is 0.229 e. The molecular formula is C28H24FN7OS. The van der Waals surface area contributed by atoms with E-state index in [2.05, 4.69) is 35.9 Å². The monoisotopic (exact) mass is 525 g/mol. The van der Waals surface area contributed by atoms with Crippen LogP contribution in [0.25, 0.3) is 11.3 Å². The lowest BCUT2D eigenvalue weighted by atomic mass is 10.2. The zero-order chi connectivity index (χ0) is 26.5. The number of nitrogens with zero attached hydrogens (tertiary/aromatic N) is 4. The number of rotatable bonds is 8. The number of hydrogen-bond acceptors (Lipinski definition) is 8. The fourth-order valence-corrected chi connectivity index (χ4v) is 4.72. The summed E-state index contributed by atoms with van der Waals surface area (Å²) in [5.74, 6) is -0.157. The molecule has 3 heterocycles. The van der Waals surface area contributed by atoms with Crippen molar-refractivity contribution in [3.05, 3.63) is 101 Å². The van der Waals surface area contributed by atoms with Crippen molar-refractivity contribution in [2.45, 2.75) is 20.3 Å². The van der Waals surface area contributed by atoms with Crippen LogP contribution in [0.5, 0.6) is 0 Å². The van der Waals surface area contributed by atoms with Crippen LogP contribution >= 0.6 is 11.3 Å². The Balaban J connectivity index is 1.27. The molecule has 3 aromatic heterocycles. The van der Waals surface area contributed by atoms with Gasteiger partial charge in [-0.25, -0.2) is 19.3 Å². The van der Waals surface area contributed by atoms with Gasteiger partial charge in [-0.05, 0) is 67.9 Å². The van der Waals surface area contributed by atoms with Gasteiger partial charge in [-0.1, -0.05) is 12.1 Å².